The van der Waals surface area contributed by atoms with E-state index in [0.717, 1.165) is 10.2 Å². The van der Waals surface area contributed by atoms with Crippen molar-refractivity contribution >= 4 is 33.0 Å². The van der Waals surface area contributed by atoms with Crippen molar-refractivity contribution in [1.29, 1.82) is 0 Å². The molecule has 1 heterocycles. The molecule has 2 aromatic rings. The molecule has 1 aromatic carbocycles. The zero-order chi connectivity index (χ0) is 12.4. The number of nitrogens with one attached hydrogen (secondary N) is 1. The van der Waals surface area contributed by atoms with Gasteiger partial charge in [0.1, 0.15) is 0 Å². The average Bonchev–Trinajstić information content (AvgIpc) is 2.76. The van der Waals surface area contributed by atoms with E-state index in [2.05, 4.69) is 59.1 Å². The van der Waals surface area contributed by atoms with E-state index in [1.165, 1.54) is 16.0 Å². The summed E-state index contributed by atoms with van der Waals surface area (Å²) in [4.78, 5) is 5.36. The zero-order valence-corrected chi connectivity index (χ0v) is 12.5. The molecule has 1 unspecified atom stereocenters. The number of hydrogen-bond acceptors (Lipinski definition) is 3. The minimum absolute atomic E-state index is 0.278. The Morgan fingerprint density at radius 2 is 2.12 bits per heavy atom. The van der Waals surface area contributed by atoms with Gasteiger partial charge in [0.15, 0.2) is 0 Å². The third kappa shape index (κ3) is 2.87. The number of hydrogen-bond donors (Lipinski definition) is 1. The molecule has 1 atom stereocenters. The first-order valence-corrected chi connectivity index (χ1v) is 7.17. The fourth-order valence-corrected chi connectivity index (χ4v) is 3.24. The summed E-state index contributed by atoms with van der Waals surface area (Å²) in [6, 6.07) is 4.60. The second-order valence-electron chi connectivity index (χ2n) is 4.21. The van der Waals surface area contributed by atoms with Crippen LogP contribution >= 0.6 is 27.3 Å². The second kappa shape index (κ2) is 5.19. The first-order chi connectivity index (χ1) is 8.08. The summed E-state index contributed by atoms with van der Waals surface area (Å²) >= 11 is 5.29. The molecule has 17 heavy (non-hydrogen) atoms. The number of aryl methyl sites for hydroxylation is 2. The Morgan fingerprint density at radius 1 is 1.35 bits per heavy atom. The SMILES string of the molecule is Cc1cc(C)c(NC(C)c2cncs2)c(Br)c1. The number of rotatable bonds is 3. The summed E-state index contributed by atoms with van der Waals surface area (Å²) in [5.74, 6) is 0. The van der Waals surface area contributed by atoms with E-state index in [1.807, 2.05) is 11.7 Å². The van der Waals surface area contributed by atoms with Crippen LogP contribution < -0.4 is 5.32 Å². The summed E-state index contributed by atoms with van der Waals surface area (Å²) in [5, 5.41) is 3.53. The average molecular weight is 311 g/mol. The van der Waals surface area contributed by atoms with Crippen LogP contribution in [0.15, 0.2) is 28.3 Å². The molecule has 0 saturated carbocycles. The number of halogens is 1. The van der Waals surface area contributed by atoms with Gasteiger partial charge in [-0.15, -0.1) is 11.3 Å². The number of thiazole rings is 1. The number of anilines is 1. The van der Waals surface area contributed by atoms with Gasteiger partial charge in [0.2, 0.25) is 0 Å². The quantitative estimate of drug-likeness (QED) is 0.889. The molecule has 0 aliphatic heterocycles. The summed E-state index contributed by atoms with van der Waals surface area (Å²) in [5.41, 5.74) is 5.56. The Hall–Kier alpha value is -0.870. The summed E-state index contributed by atoms with van der Waals surface area (Å²) < 4.78 is 1.12. The van der Waals surface area contributed by atoms with E-state index in [9.17, 15) is 0 Å². The fourth-order valence-electron chi connectivity index (χ4n) is 1.83. The summed E-state index contributed by atoms with van der Waals surface area (Å²) in [7, 11) is 0. The highest BCUT2D eigenvalue weighted by molar-refractivity contribution is 9.10. The largest absolute Gasteiger partial charge is 0.377 e. The maximum Gasteiger partial charge on any atom is 0.0795 e. The molecular formula is C13H15BrN2S. The molecule has 0 amide bonds. The lowest BCUT2D eigenvalue weighted by Crippen LogP contribution is -2.07. The van der Waals surface area contributed by atoms with Crippen LogP contribution in [-0.4, -0.2) is 4.98 Å². The highest BCUT2D eigenvalue weighted by Crippen LogP contribution is 2.31. The molecule has 0 saturated heterocycles. The van der Waals surface area contributed by atoms with Crippen LogP contribution in [0, 0.1) is 13.8 Å². The van der Waals surface area contributed by atoms with Crippen LogP contribution in [0.1, 0.15) is 29.0 Å². The molecule has 0 bridgehead atoms. The fraction of sp³-hybridized carbons (Fsp3) is 0.308. The molecule has 4 heteroatoms. The number of aromatic nitrogens is 1. The maximum absolute atomic E-state index is 4.11. The molecule has 0 aliphatic rings. The Morgan fingerprint density at radius 3 is 2.71 bits per heavy atom. The normalized spacial score (nSPS) is 12.5. The van der Waals surface area contributed by atoms with Gasteiger partial charge in [-0.25, -0.2) is 0 Å². The van der Waals surface area contributed by atoms with Gasteiger partial charge in [-0.05, 0) is 53.9 Å². The van der Waals surface area contributed by atoms with Crippen LogP contribution in [0.25, 0.3) is 0 Å². The molecule has 90 valence electrons. The van der Waals surface area contributed by atoms with Crippen molar-refractivity contribution in [3.63, 3.8) is 0 Å². The molecule has 2 nitrogen and oxygen atoms in total. The third-order valence-electron chi connectivity index (χ3n) is 2.67. The van der Waals surface area contributed by atoms with Gasteiger partial charge in [-0.2, -0.15) is 0 Å². The molecular weight excluding hydrogens is 296 g/mol. The van der Waals surface area contributed by atoms with Crippen molar-refractivity contribution in [2.75, 3.05) is 5.32 Å². The summed E-state index contributed by atoms with van der Waals surface area (Å²) in [6.07, 6.45) is 1.92. The highest BCUT2D eigenvalue weighted by Gasteiger charge is 2.11. The van der Waals surface area contributed by atoms with Crippen LogP contribution in [-0.2, 0) is 0 Å². The Balaban J connectivity index is 2.25. The number of nitrogens with zero attached hydrogens (tertiary/aromatic N) is 1. The lowest BCUT2D eigenvalue weighted by Gasteiger charge is -2.17. The topological polar surface area (TPSA) is 24.9 Å². The first-order valence-electron chi connectivity index (χ1n) is 5.49. The Kier molecular flexibility index (Phi) is 3.84. The van der Waals surface area contributed by atoms with Crippen molar-refractivity contribution < 1.29 is 0 Å². The van der Waals surface area contributed by atoms with Crippen molar-refractivity contribution in [2.45, 2.75) is 26.8 Å². The van der Waals surface area contributed by atoms with Gasteiger partial charge < -0.3 is 5.32 Å². The second-order valence-corrected chi connectivity index (χ2v) is 5.98. The smallest absolute Gasteiger partial charge is 0.0795 e. The van der Waals surface area contributed by atoms with Crippen molar-refractivity contribution in [3.05, 3.63) is 44.3 Å². The van der Waals surface area contributed by atoms with Crippen LogP contribution in [0.2, 0.25) is 0 Å². The molecule has 0 radical (unpaired) electrons. The van der Waals surface area contributed by atoms with Crippen molar-refractivity contribution in [3.8, 4) is 0 Å². The molecule has 2 rings (SSSR count). The lowest BCUT2D eigenvalue weighted by molar-refractivity contribution is 0.899. The van der Waals surface area contributed by atoms with Gasteiger partial charge in [-0.3, -0.25) is 4.98 Å². The van der Waals surface area contributed by atoms with E-state index in [0.29, 0.717) is 0 Å². The zero-order valence-electron chi connectivity index (χ0n) is 10.1. The molecule has 1 N–H and O–H groups in total. The van der Waals surface area contributed by atoms with Crippen molar-refractivity contribution in [1.82, 2.24) is 4.98 Å². The molecule has 1 aromatic heterocycles. The van der Waals surface area contributed by atoms with Gasteiger partial charge in [0, 0.05) is 15.5 Å². The predicted molar refractivity (Wildman–Crippen MR) is 77.8 cm³/mol. The Labute approximate surface area is 114 Å². The minimum Gasteiger partial charge on any atom is -0.377 e. The highest BCUT2D eigenvalue weighted by atomic mass is 79.9. The Bertz CT molecular complexity index is 485. The van der Waals surface area contributed by atoms with Gasteiger partial charge in [-0.1, -0.05) is 6.07 Å². The molecule has 0 fully saturated rings. The minimum atomic E-state index is 0.278. The van der Waals surface area contributed by atoms with Crippen LogP contribution in [0.3, 0.4) is 0 Å². The lowest BCUT2D eigenvalue weighted by atomic mass is 10.1. The van der Waals surface area contributed by atoms with Crippen LogP contribution in [0.5, 0.6) is 0 Å². The van der Waals surface area contributed by atoms with Crippen LogP contribution in [0.4, 0.5) is 5.69 Å². The third-order valence-corrected chi connectivity index (χ3v) is 4.25. The summed E-state index contributed by atoms with van der Waals surface area (Å²) in [6.45, 7) is 6.38. The van der Waals surface area contributed by atoms with Gasteiger partial charge in [0.05, 0.1) is 17.2 Å². The van der Waals surface area contributed by atoms with E-state index in [-0.39, 0.29) is 6.04 Å². The molecule has 0 spiro atoms. The monoisotopic (exact) mass is 310 g/mol. The standard InChI is InChI=1S/C13H15BrN2S/c1-8-4-9(2)13(11(14)5-8)16-10(3)12-6-15-7-17-12/h4-7,10,16H,1-3H3. The first kappa shape index (κ1) is 12.6. The predicted octanol–water partition coefficient (Wildman–Crippen LogP) is 4.70. The number of benzene rings is 1. The van der Waals surface area contributed by atoms with E-state index in [4.69, 9.17) is 0 Å². The molecule has 0 aliphatic carbocycles. The van der Waals surface area contributed by atoms with E-state index >= 15 is 0 Å². The maximum atomic E-state index is 4.11. The van der Waals surface area contributed by atoms with E-state index < -0.39 is 0 Å². The van der Waals surface area contributed by atoms with Gasteiger partial charge >= 0.3 is 0 Å². The van der Waals surface area contributed by atoms with E-state index in [1.54, 1.807) is 11.3 Å². The van der Waals surface area contributed by atoms with Crippen molar-refractivity contribution in [2.24, 2.45) is 0 Å². The van der Waals surface area contributed by atoms with Gasteiger partial charge in [0.25, 0.3) is 0 Å².